The fourth-order valence-electron chi connectivity index (χ4n) is 4.91. The van der Waals surface area contributed by atoms with Crippen LogP contribution < -0.4 is 10.6 Å². The topological polar surface area (TPSA) is 75.6 Å². The third kappa shape index (κ3) is 5.40. The van der Waals surface area contributed by atoms with Crippen LogP contribution in [0.2, 0.25) is 0 Å². The van der Waals surface area contributed by atoms with Gasteiger partial charge in [-0.25, -0.2) is 0 Å². The van der Waals surface area contributed by atoms with Crippen LogP contribution in [0.25, 0.3) is 0 Å². The van der Waals surface area contributed by atoms with Gasteiger partial charge < -0.3 is 19.9 Å². The molecule has 0 atom stereocenters. The Morgan fingerprint density at radius 3 is 2.25 bits per heavy atom. The van der Waals surface area contributed by atoms with Gasteiger partial charge in [-0.15, -0.1) is 0 Å². The summed E-state index contributed by atoms with van der Waals surface area (Å²) in [5, 5.41) is 5.92. The van der Waals surface area contributed by atoms with E-state index >= 15 is 0 Å². The van der Waals surface area contributed by atoms with Crippen molar-refractivity contribution in [3.05, 3.63) is 47.3 Å². The van der Waals surface area contributed by atoms with E-state index < -0.39 is 0 Å². The number of aryl methyl sites for hydroxylation is 1. The van der Waals surface area contributed by atoms with Gasteiger partial charge in [-0.3, -0.25) is 14.5 Å². The molecule has 0 radical (unpaired) electrons. The molecule has 1 aromatic heterocycles. The predicted octanol–water partition coefficient (Wildman–Crippen LogP) is 4.13. The number of amides is 2. The standard InChI is InChI=1S/C25H34N4O3/c1-18-16-23(19(2)29(18)22-6-4-3-5-7-22)25(31)27-21-10-8-20(9-11-21)26-24(30)17-28-12-14-32-15-13-28/h8-11,16,22H,3-7,12-15,17H2,1-2H3,(H,26,30)(H,27,31). The van der Waals surface area contributed by atoms with Crippen molar-refractivity contribution in [3.63, 3.8) is 0 Å². The number of nitrogens with one attached hydrogen (secondary N) is 2. The fourth-order valence-corrected chi connectivity index (χ4v) is 4.91. The summed E-state index contributed by atoms with van der Waals surface area (Å²) >= 11 is 0. The van der Waals surface area contributed by atoms with Crippen molar-refractivity contribution in [2.24, 2.45) is 0 Å². The largest absolute Gasteiger partial charge is 0.379 e. The highest BCUT2D eigenvalue weighted by atomic mass is 16.5. The number of nitrogens with zero attached hydrogens (tertiary/aromatic N) is 2. The average molecular weight is 439 g/mol. The van der Waals surface area contributed by atoms with Gasteiger partial charge in [-0.05, 0) is 57.0 Å². The summed E-state index contributed by atoms with van der Waals surface area (Å²) in [6.07, 6.45) is 6.22. The zero-order valence-electron chi connectivity index (χ0n) is 19.2. The summed E-state index contributed by atoms with van der Waals surface area (Å²) in [6, 6.07) is 9.78. The number of hydrogen-bond donors (Lipinski definition) is 2. The molecule has 7 nitrogen and oxygen atoms in total. The molecule has 1 aliphatic heterocycles. The van der Waals surface area contributed by atoms with Crippen molar-refractivity contribution >= 4 is 23.2 Å². The number of morpholine rings is 1. The Morgan fingerprint density at radius 1 is 0.969 bits per heavy atom. The minimum absolute atomic E-state index is 0.0427. The molecule has 0 spiro atoms. The first-order chi connectivity index (χ1) is 15.5. The maximum atomic E-state index is 13.0. The summed E-state index contributed by atoms with van der Waals surface area (Å²) in [6.45, 7) is 7.39. The lowest BCUT2D eigenvalue weighted by Gasteiger charge is -2.26. The van der Waals surface area contributed by atoms with Crippen molar-refractivity contribution in [1.29, 1.82) is 0 Å². The van der Waals surface area contributed by atoms with Crippen LogP contribution in [0.4, 0.5) is 11.4 Å². The van der Waals surface area contributed by atoms with Gasteiger partial charge in [-0.1, -0.05) is 19.3 Å². The summed E-state index contributed by atoms with van der Waals surface area (Å²) in [7, 11) is 0. The van der Waals surface area contributed by atoms with Gasteiger partial charge in [0.1, 0.15) is 0 Å². The third-order valence-electron chi connectivity index (χ3n) is 6.57. The van der Waals surface area contributed by atoms with Gasteiger partial charge in [0.15, 0.2) is 0 Å². The van der Waals surface area contributed by atoms with Crippen LogP contribution in [0.15, 0.2) is 30.3 Å². The maximum Gasteiger partial charge on any atom is 0.257 e. The Bertz CT molecular complexity index is 939. The summed E-state index contributed by atoms with van der Waals surface area (Å²) in [4.78, 5) is 27.3. The van der Waals surface area contributed by atoms with Gasteiger partial charge in [0.2, 0.25) is 5.91 Å². The second-order valence-electron chi connectivity index (χ2n) is 8.91. The molecule has 32 heavy (non-hydrogen) atoms. The molecule has 4 rings (SSSR count). The molecule has 7 heteroatoms. The van der Waals surface area contributed by atoms with E-state index in [0.717, 1.165) is 35.7 Å². The van der Waals surface area contributed by atoms with Gasteiger partial charge in [-0.2, -0.15) is 0 Å². The zero-order chi connectivity index (χ0) is 22.5. The number of carbonyl (C=O) groups excluding carboxylic acids is 2. The van der Waals surface area contributed by atoms with Crippen LogP contribution in [-0.4, -0.2) is 54.1 Å². The average Bonchev–Trinajstić information content (AvgIpc) is 3.10. The lowest BCUT2D eigenvalue weighted by molar-refractivity contribution is -0.118. The van der Waals surface area contributed by atoms with Crippen LogP contribution in [0.3, 0.4) is 0 Å². The lowest BCUT2D eigenvalue weighted by Crippen LogP contribution is -2.41. The number of anilines is 2. The van der Waals surface area contributed by atoms with Crippen LogP contribution in [0.5, 0.6) is 0 Å². The number of aromatic nitrogens is 1. The molecule has 2 N–H and O–H groups in total. The molecule has 172 valence electrons. The summed E-state index contributed by atoms with van der Waals surface area (Å²) in [5.41, 5.74) is 4.35. The van der Waals surface area contributed by atoms with E-state index in [1.165, 1.54) is 32.1 Å². The van der Waals surface area contributed by atoms with Crippen molar-refractivity contribution in [1.82, 2.24) is 9.47 Å². The van der Waals surface area contributed by atoms with Gasteiger partial charge in [0, 0.05) is 41.9 Å². The van der Waals surface area contributed by atoms with Gasteiger partial charge in [0.25, 0.3) is 5.91 Å². The summed E-state index contributed by atoms with van der Waals surface area (Å²) < 4.78 is 7.66. The highest BCUT2D eigenvalue weighted by Crippen LogP contribution is 2.32. The molecule has 2 fully saturated rings. The Kier molecular flexibility index (Phi) is 7.27. The second-order valence-corrected chi connectivity index (χ2v) is 8.91. The number of carbonyl (C=O) groups is 2. The second kappa shape index (κ2) is 10.3. The molecule has 2 aliphatic rings. The number of ether oxygens (including phenoxy) is 1. The third-order valence-corrected chi connectivity index (χ3v) is 6.57. The molecule has 1 saturated carbocycles. The van der Waals surface area contributed by atoms with E-state index in [0.29, 0.717) is 31.5 Å². The normalized spacial score (nSPS) is 17.8. The molecular formula is C25H34N4O3. The van der Waals surface area contributed by atoms with E-state index in [1.807, 2.05) is 37.3 Å². The van der Waals surface area contributed by atoms with Crippen LogP contribution >= 0.6 is 0 Å². The molecule has 1 aromatic carbocycles. The van der Waals surface area contributed by atoms with E-state index in [9.17, 15) is 9.59 Å². The van der Waals surface area contributed by atoms with Gasteiger partial charge >= 0.3 is 0 Å². The number of hydrogen-bond acceptors (Lipinski definition) is 4. The van der Waals surface area contributed by atoms with Gasteiger partial charge in [0.05, 0.1) is 25.3 Å². The molecular weight excluding hydrogens is 404 g/mol. The first-order valence-electron chi connectivity index (χ1n) is 11.7. The quantitative estimate of drug-likeness (QED) is 0.711. The van der Waals surface area contributed by atoms with Crippen LogP contribution in [0, 0.1) is 13.8 Å². The minimum atomic E-state index is -0.0933. The molecule has 1 saturated heterocycles. The van der Waals surface area contributed by atoms with Crippen molar-refractivity contribution in [2.45, 2.75) is 52.0 Å². The Hall–Kier alpha value is -2.64. The Morgan fingerprint density at radius 2 is 1.59 bits per heavy atom. The molecule has 0 bridgehead atoms. The highest BCUT2D eigenvalue weighted by molar-refractivity contribution is 6.05. The van der Waals surface area contributed by atoms with E-state index in [2.05, 4.69) is 27.0 Å². The van der Waals surface area contributed by atoms with E-state index in [1.54, 1.807) is 0 Å². The van der Waals surface area contributed by atoms with Crippen molar-refractivity contribution in [3.8, 4) is 0 Å². The minimum Gasteiger partial charge on any atom is -0.379 e. The molecule has 0 unspecified atom stereocenters. The summed E-state index contributed by atoms with van der Waals surface area (Å²) in [5.74, 6) is -0.136. The zero-order valence-corrected chi connectivity index (χ0v) is 19.2. The Labute approximate surface area is 190 Å². The van der Waals surface area contributed by atoms with E-state index in [4.69, 9.17) is 4.74 Å². The monoisotopic (exact) mass is 438 g/mol. The van der Waals surface area contributed by atoms with Crippen LogP contribution in [0.1, 0.15) is 59.9 Å². The first-order valence-corrected chi connectivity index (χ1v) is 11.7. The first kappa shape index (κ1) is 22.6. The maximum absolute atomic E-state index is 13.0. The molecule has 2 heterocycles. The van der Waals surface area contributed by atoms with Crippen molar-refractivity contribution < 1.29 is 14.3 Å². The van der Waals surface area contributed by atoms with Crippen LogP contribution in [-0.2, 0) is 9.53 Å². The van der Waals surface area contributed by atoms with E-state index in [-0.39, 0.29) is 11.8 Å². The van der Waals surface area contributed by atoms with Crippen molar-refractivity contribution in [2.75, 3.05) is 43.5 Å². The smallest absolute Gasteiger partial charge is 0.257 e. The number of benzene rings is 1. The molecule has 2 amide bonds. The lowest BCUT2D eigenvalue weighted by atomic mass is 9.95. The molecule has 2 aromatic rings. The number of rotatable bonds is 6. The SMILES string of the molecule is Cc1cc(C(=O)Nc2ccc(NC(=O)CN3CCOCC3)cc2)c(C)n1C1CCCCC1. The highest BCUT2D eigenvalue weighted by Gasteiger charge is 2.22. The molecule has 1 aliphatic carbocycles. The fraction of sp³-hybridized carbons (Fsp3) is 0.520. The Balaban J connectivity index is 1.35. The predicted molar refractivity (Wildman–Crippen MR) is 126 cm³/mol.